The van der Waals surface area contributed by atoms with Gasteiger partial charge in [-0.3, -0.25) is 0 Å². The van der Waals surface area contributed by atoms with Crippen LogP contribution < -0.4 is 5.73 Å². The number of halogens is 10. The van der Waals surface area contributed by atoms with Crippen molar-refractivity contribution in [2.24, 2.45) is 5.73 Å². The minimum absolute atomic E-state index is 0. The molecule has 0 radical (unpaired) electrons. The highest BCUT2D eigenvalue weighted by Crippen LogP contribution is 2.41. The summed E-state index contributed by atoms with van der Waals surface area (Å²) in [6.07, 6.45) is -15.6. The third-order valence-corrected chi connectivity index (χ3v) is 2.37. The van der Waals surface area contributed by atoms with Crippen LogP contribution in [0.4, 0.5) is 39.5 Å². The summed E-state index contributed by atoms with van der Waals surface area (Å²) in [4.78, 5) is 0. The summed E-state index contributed by atoms with van der Waals surface area (Å²) in [5, 5.41) is 0. The summed E-state index contributed by atoms with van der Waals surface area (Å²) in [5.74, 6) is 0. The monoisotopic (exact) mass is 347 g/mol. The van der Waals surface area contributed by atoms with Gasteiger partial charge in [0.2, 0.25) is 0 Å². The molecule has 0 saturated heterocycles. The van der Waals surface area contributed by atoms with Crippen molar-refractivity contribution in [1.82, 2.24) is 0 Å². The summed E-state index contributed by atoms with van der Waals surface area (Å²) >= 11 is 0. The maximum Gasteiger partial charge on any atom is 0.416 e. The molecule has 1 rings (SSSR count). The molecule has 0 spiro atoms. The first-order valence-electron chi connectivity index (χ1n) is 4.85. The Kier molecular flexibility index (Phi) is 5.59. The van der Waals surface area contributed by atoms with Gasteiger partial charge < -0.3 is 5.73 Å². The Labute approximate surface area is 118 Å². The van der Waals surface area contributed by atoms with Crippen molar-refractivity contribution in [2.45, 2.75) is 24.6 Å². The van der Waals surface area contributed by atoms with E-state index in [1.165, 1.54) is 0 Å². The highest BCUT2D eigenvalue weighted by molar-refractivity contribution is 5.85. The molecule has 1 unspecified atom stereocenters. The second-order valence-electron chi connectivity index (χ2n) is 3.82. The van der Waals surface area contributed by atoms with E-state index in [1.54, 1.807) is 0 Å². The molecule has 1 atom stereocenters. The molecule has 122 valence electrons. The number of benzene rings is 1. The van der Waals surface area contributed by atoms with Crippen LogP contribution in [0.25, 0.3) is 0 Å². The Balaban J connectivity index is 0.00000400. The molecule has 0 heterocycles. The maximum atomic E-state index is 12.5. The number of nitrogens with two attached hydrogens (primary N) is 1. The average Bonchev–Trinajstić information content (AvgIpc) is 2.23. The maximum absolute atomic E-state index is 12.5. The molecule has 0 amide bonds. The zero-order chi connectivity index (χ0) is 15.9. The summed E-state index contributed by atoms with van der Waals surface area (Å²) in [7, 11) is 0. The molecule has 0 saturated carbocycles. The molecular weight excluding hydrogens is 341 g/mol. The second-order valence-corrected chi connectivity index (χ2v) is 3.82. The molecular formula is C10H7ClF9N. The van der Waals surface area contributed by atoms with Crippen LogP contribution >= 0.6 is 12.4 Å². The topological polar surface area (TPSA) is 26.0 Å². The summed E-state index contributed by atoms with van der Waals surface area (Å²) in [6, 6.07) is -3.42. The van der Waals surface area contributed by atoms with Gasteiger partial charge >= 0.3 is 18.5 Å². The lowest BCUT2D eigenvalue weighted by molar-refractivity contribution is -0.157. The highest BCUT2D eigenvalue weighted by atomic mass is 35.5. The van der Waals surface area contributed by atoms with Crippen molar-refractivity contribution >= 4 is 12.4 Å². The minimum atomic E-state index is -5.30. The van der Waals surface area contributed by atoms with Crippen LogP contribution in [-0.2, 0) is 12.4 Å². The first kappa shape index (κ1) is 19.8. The lowest BCUT2D eigenvalue weighted by Crippen LogP contribution is -2.31. The number of hydrogen-bond acceptors (Lipinski definition) is 1. The Morgan fingerprint density at radius 3 is 1.62 bits per heavy atom. The molecule has 2 N–H and O–H groups in total. The third-order valence-electron chi connectivity index (χ3n) is 2.37. The number of rotatable bonds is 1. The van der Waals surface area contributed by atoms with Gasteiger partial charge in [0.05, 0.1) is 11.1 Å². The Hall–Kier alpha value is -1.16. The summed E-state index contributed by atoms with van der Waals surface area (Å²) in [6.45, 7) is 0. The summed E-state index contributed by atoms with van der Waals surface area (Å²) < 4.78 is 112. The predicted molar refractivity (Wildman–Crippen MR) is 56.7 cm³/mol. The van der Waals surface area contributed by atoms with Gasteiger partial charge in [-0.1, -0.05) is 0 Å². The van der Waals surface area contributed by atoms with Crippen molar-refractivity contribution in [3.8, 4) is 0 Å². The highest BCUT2D eigenvalue weighted by Gasteiger charge is 2.45. The average molecular weight is 348 g/mol. The first-order chi connectivity index (χ1) is 8.74. The molecule has 0 bridgehead atoms. The molecule has 0 aliphatic heterocycles. The molecule has 0 fully saturated rings. The van der Waals surface area contributed by atoms with Crippen molar-refractivity contribution in [3.05, 3.63) is 34.9 Å². The Morgan fingerprint density at radius 2 is 1.29 bits per heavy atom. The van der Waals surface area contributed by atoms with Gasteiger partial charge in [-0.25, -0.2) is 0 Å². The van der Waals surface area contributed by atoms with Crippen LogP contribution in [0.3, 0.4) is 0 Å². The van der Waals surface area contributed by atoms with Crippen molar-refractivity contribution in [3.63, 3.8) is 0 Å². The van der Waals surface area contributed by atoms with Gasteiger partial charge in [-0.2, -0.15) is 39.5 Å². The molecule has 1 aromatic carbocycles. The van der Waals surface area contributed by atoms with Gasteiger partial charge in [0.1, 0.15) is 6.04 Å². The van der Waals surface area contributed by atoms with Gasteiger partial charge in [-0.15, -0.1) is 12.4 Å². The SMILES string of the molecule is Cl.NC(c1cc(C(F)(F)F)ccc1C(F)(F)F)C(F)(F)F. The molecule has 1 aromatic rings. The van der Waals surface area contributed by atoms with Crippen LogP contribution in [0.15, 0.2) is 18.2 Å². The van der Waals surface area contributed by atoms with E-state index in [9.17, 15) is 39.5 Å². The fourth-order valence-electron chi connectivity index (χ4n) is 1.43. The Bertz CT molecular complexity index is 489. The van der Waals surface area contributed by atoms with E-state index in [2.05, 4.69) is 5.73 Å². The van der Waals surface area contributed by atoms with Crippen LogP contribution in [-0.4, -0.2) is 6.18 Å². The van der Waals surface area contributed by atoms with Gasteiger partial charge in [-0.05, 0) is 23.8 Å². The fourth-order valence-corrected chi connectivity index (χ4v) is 1.43. The van der Waals surface area contributed by atoms with E-state index >= 15 is 0 Å². The van der Waals surface area contributed by atoms with E-state index in [0.717, 1.165) is 0 Å². The van der Waals surface area contributed by atoms with Crippen molar-refractivity contribution in [1.29, 1.82) is 0 Å². The zero-order valence-corrected chi connectivity index (χ0v) is 10.5. The van der Waals surface area contributed by atoms with Crippen LogP contribution in [0, 0.1) is 0 Å². The molecule has 0 aromatic heterocycles. The predicted octanol–water partition coefficient (Wildman–Crippen LogP) is 4.71. The molecule has 11 heteroatoms. The van der Waals surface area contributed by atoms with Gasteiger partial charge in [0.15, 0.2) is 0 Å². The summed E-state index contributed by atoms with van der Waals surface area (Å²) in [5.41, 5.74) is -0.568. The standard InChI is InChI=1S/C10H6F9N.ClH/c11-8(12,13)4-1-2-6(9(14,15)16)5(3-4)7(20)10(17,18)19;/h1-3,7H,20H2;1H. The third kappa shape index (κ3) is 4.67. The van der Waals surface area contributed by atoms with E-state index < -0.39 is 41.3 Å². The van der Waals surface area contributed by atoms with E-state index in [0.29, 0.717) is 0 Å². The van der Waals surface area contributed by atoms with Gasteiger partial charge in [0, 0.05) is 0 Å². The second kappa shape index (κ2) is 5.91. The lowest BCUT2D eigenvalue weighted by atomic mass is 9.97. The molecule has 0 aliphatic carbocycles. The molecule has 21 heavy (non-hydrogen) atoms. The quantitative estimate of drug-likeness (QED) is 0.732. The normalized spacial score (nSPS) is 14.6. The lowest BCUT2D eigenvalue weighted by Gasteiger charge is -2.22. The zero-order valence-electron chi connectivity index (χ0n) is 9.70. The van der Waals surface area contributed by atoms with Gasteiger partial charge in [0.25, 0.3) is 0 Å². The number of alkyl halides is 9. The minimum Gasteiger partial charge on any atom is -0.316 e. The van der Waals surface area contributed by atoms with E-state index in [-0.39, 0.29) is 30.6 Å². The van der Waals surface area contributed by atoms with E-state index in [1.807, 2.05) is 0 Å². The first-order valence-corrected chi connectivity index (χ1v) is 4.85. The van der Waals surface area contributed by atoms with Crippen LogP contribution in [0.1, 0.15) is 22.7 Å². The largest absolute Gasteiger partial charge is 0.416 e. The molecule has 1 nitrogen and oxygen atoms in total. The Morgan fingerprint density at radius 1 is 0.810 bits per heavy atom. The smallest absolute Gasteiger partial charge is 0.316 e. The van der Waals surface area contributed by atoms with Crippen molar-refractivity contribution in [2.75, 3.05) is 0 Å². The molecule has 0 aliphatic rings. The fraction of sp³-hybridized carbons (Fsp3) is 0.400. The number of hydrogen-bond donors (Lipinski definition) is 1. The van der Waals surface area contributed by atoms with E-state index in [4.69, 9.17) is 0 Å². The van der Waals surface area contributed by atoms with Crippen LogP contribution in [0.5, 0.6) is 0 Å². The van der Waals surface area contributed by atoms with Crippen molar-refractivity contribution < 1.29 is 39.5 Å². The van der Waals surface area contributed by atoms with Crippen LogP contribution in [0.2, 0.25) is 0 Å².